The third-order valence-electron chi connectivity index (χ3n) is 6.35. The summed E-state index contributed by atoms with van der Waals surface area (Å²) in [5.41, 5.74) is 3.41. The van der Waals surface area contributed by atoms with Gasteiger partial charge in [0.05, 0.1) is 17.7 Å². The van der Waals surface area contributed by atoms with Crippen molar-refractivity contribution in [2.45, 2.75) is 13.3 Å². The maximum atomic E-state index is 9.76. The fourth-order valence-electron chi connectivity index (χ4n) is 4.43. The van der Waals surface area contributed by atoms with Crippen LogP contribution < -0.4 is 9.47 Å². The maximum Gasteiger partial charge on any atom is 0.139 e. The van der Waals surface area contributed by atoms with E-state index < -0.39 is 0 Å². The zero-order chi connectivity index (χ0) is 23.5. The molecule has 0 unspecified atom stereocenters. The molecule has 0 aliphatic carbocycles. The van der Waals surface area contributed by atoms with Gasteiger partial charge in [-0.2, -0.15) is 5.26 Å². The van der Waals surface area contributed by atoms with E-state index in [1.54, 1.807) is 6.20 Å². The van der Waals surface area contributed by atoms with Gasteiger partial charge >= 0.3 is 0 Å². The van der Waals surface area contributed by atoms with E-state index in [2.05, 4.69) is 39.0 Å². The van der Waals surface area contributed by atoms with Gasteiger partial charge in [0.2, 0.25) is 0 Å². The van der Waals surface area contributed by atoms with Crippen LogP contribution in [-0.4, -0.2) is 66.1 Å². The fraction of sp³-hybridized carbons (Fsp3) is 0.333. The van der Waals surface area contributed by atoms with Crippen molar-refractivity contribution in [2.75, 3.05) is 46.4 Å². The summed E-state index contributed by atoms with van der Waals surface area (Å²) in [6.07, 6.45) is 2.64. The number of rotatable bonds is 7. The van der Waals surface area contributed by atoms with Gasteiger partial charge in [-0.05, 0) is 56.8 Å². The number of nitrogens with zero attached hydrogens (tertiary/aromatic N) is 4. The lowest BCUT2D eigenvalue weighted by molar-refractivity contribution is 0.145. The summed E-state index contributed by atoms with van der Waals surface area (Å²) >= 11 is 0. The Morgan fingerprint density at radius 1 is 1.06 bits per heavy atom. The molecular formula is C27H29N5O2. The fourth-order valence-corrected chi connectivity index (χ4v) is 4.43. The van der Waals surface area contributed by atoms with Gasteiger partial charge in [0.25, 0.3) is 0 Å². The number of nitrogens with one attached hydrogen (secondary N) is 1. The van der Waals surface area contributed by atoms with E-state index in [1.807, 2.05) is 43.3 Å². The molecule has 2 aromatic carbocycles. The van der Waals surface area contributed by atoms with Gasteiger partial charge in [-0.25, -0.2) is 0 Å². The molecule has 0 saturated carbocycles. The molecule has 1 saturated heterocycles. The summed E-state index contributed by atoms with van der Waals surface area (Å²) in [6, 6.07) is 15.8. The van der Waals surface area contributed by atoms with Crippen LogP contribution >= 0.6 is 0 Å². The normalized spacial score (nSPS) is 15.0. The summed E-state index contributed by atoms with van der Waals surface area (Å²) in [5, 5.41) is 11.6. The van der Waals surface area contributed by atoms with Crippen molar-refractivity contribution in [2.24, 2.45) is 0 Å². The number of ether oxygens (including phenoxy) is 2. The van der Waals surface area contributed by atoms with Crippen LogP contribution in [0, 0.1) is 18.3 Å². The van der Waals surface area contributed by atoms with E-state index in [4.69, 9.17) is 9.47 Å². The van der Waals surface area contributed by atoms with Gasteiger partial charge in [0.15, 0.2) is 0 Å². The largest absolute Gasteiger partial charge is 0.492 e. The Bertz CT molecular complexity index is 1350. The monoisotopic (exact) mass is 455 g/mol. The molecule has 7 heteroatoms. The van der Waals surface area contributed by atoms with Crippen LogP contribution in [-0.2, 0) is 0 Å². The van der Waals surface area contributed by atoms with E-state index in [0.717, 1.165) is 72.4 Å². The molecule has 2 aromatic heterocycles. The van der Waals surface area contributed by atoms with Crippen molar-refractivity contribution in [1.29, 1.82) is 5.26 Å². The highest BCUT2D eigenvalue weighted by molar-refractivity contribution is 5.88. The maximum absolute atomic E-state index is 9.76. The zero-order valence-electron chi connectivity index (χ0n) is 19.7. The van der Waals surface area contributed by atoms with Gasteiger partial charge < -0.3 is 24.3 Å². The van der Waals surface area contributed by atoms with Crippen LogP contribution in [0.15, 0.2) is 48.7 Å². The average molecular weight is 456 g/mol. The van der Waals surface area contributed by atoms with Crippen molar-refractivity contribution < 1.29 is 9.47 Å². The molecular weight excluding hydrogens is 426 g/mol. The third kappa shape index (κ3) is 4.84. The second-order valence-electron chi connectivity index (χ2n) is 8.94. The van der Waals surface area contributed by atoms with E-state index in [1.165, 1.54) is 0 Å². The molecule has 0 atom stereocenters. The molecule has 0 spiro atoms. The lowest BCUT2D eigenvalue weighted by Crippen LogP contribution is -2.44. The number of aromatic amines is 1. The molecule has 3 heterocycles. The number of pyridine rings is 1. The van der Waals surface area contributed by atoms with Gasteiger partial charge in [-0.15, -0.1) is 0 Å². The van der Waals surface area contributed by atoms with Crippen LogP contribution in [0.3, 0.4) is 0 Å². The van der Waals surface area contributed by atoms with Crippen molar-refractivity contribution >= 4 is 21.8 Å². The SMILES string of the molecule is Cc1cc2cc(Oc3ccnc4cc(OCCCN5CCN(C)CC5)c(C#N)cc34)ccc2[nH]1. The van der Waals surface area contributed by atoms with Crippen molar-refractivity contribution in [1.82, 2.24) is 19.8 Å². The number of hydrogen-bond donors (Lipinski definition) is 1. The summed E-state index contributed by atoms with van der Waals surface area (Å²) < 4.78 is 12.2. The number of benzene rings is 2. The number of aromatic nitrogens is 2. The Labute approximate surface area is 199 Å². The highest BCUT2D eigenvalue weighted by Gasteiger charge is 2.14. The van der Waals surface area contributed by atoms with Gasteiger partial charge in [0.1, 0.15) is 23.3 Å². The predicted molar refractivity (Wildman–Crippen MR) is 134 cm³/mol. The number of nitriles is 1. The topological polar surface area (TPSA) is 77.4 Å². The zero-order valence-corrected chi connectivity index (χ0v) is 19.7. The molecule has 4 aromatic rings. The van der Waals surface area contributed by atoms with Crippen molar-refractivity contribution in [3.8, 4) is 23.3 Å². The molecule has 5 rings (SSSR count). The first kappa shape index (κ1) is 22.2. The highest BCUT2D eigenvalue weighted by Crippen LogP contribution is 2.34. The summed E-state index contributed by atoms with van der Waals surface area (Å²) in [6.45, 7) is 8.02. The standard InChI is InChI=1S/C27H29N5O2/c1-19-14-20-15-22(4-5-24(20)30-19)34-26-6-7-29-25-17-27(21(18-28)16-23(25)26)33-13-3-8-32-11-9-31(2)10-12-32/h4-7,14-17,30H,3,8-13H2,1-2H3. The van der Waals surface area contributed by atoms with Crippen molar-refractivity contribution in [3.63, 3.8) is 0 Å². The molecule has 1 aliphatic heterocycles. The second-order valence-corrected chi connectivity index (χ2v) is 8.94. The Morgan fingerprint density at radius 3 is 2.74 bits per heavy atom. The number of hydrogen-bond acceptors (Lipinski definition) is 6. The van der Waals surface area contributed by atoms with Crippen LogP contribution in [0.1, 0.15) is 17.7 Å². The minimum Gasteiger partial charge on any atom is -0.492 e. The molecule has 0 radical (unpaired) electrons. The Balaban J connectivity index is 1.30. The van der Waals surface area contributed by atoms with E-state index in [9.17, 15) is 5.26 Å². The third-order valence-corrected chi connectivity index (χ3v) is 6.35. The van der Waals surface area contributed by atoms with E-state index in [-0.39, 0.29) is 0 Å². The molecule has 7 nitrogen and oxygen atoms in total. The summed E-state index contributed by atoms with van der Waals surface area (Å²) in [5.74, 6) is 1.97. The summed E-state index contributed by atoms with van der Waals surface area (Å²) in [7, 11) is 2.16. The molecule has 1 aliphatic rings. The molecule has 0 amide bonds. The smallest absolute Gasteiger partial charge is 0.139 e. The minimum atomic E-state index is 0.488. The van der Waals surface area contributed by atoms with Crippen LogP contribution in [0.2, 0.25) is 0 Å². The molecule has 34 heavy (non-hydrogen) atoms. The quantitative estimate of drug-likeness (QED) is 0.407. The average Bonchev–Trinajstić information content (AvgIpc) is 3.22. The number of aryl methyl sites for hydroxylation is 1. The minimum absolute atomic E-state index is 0.488. The first-order valence-corrected chi connectivity index (χ1v) is 11.7. The van der Waals surface area contributed by atoms with Gasteiger partial charge in [0, 0.05) is 67.0 Å². The van der Waals surface area contributed by atoms with E-state index in [0.29, 0.717) is 23.7 Å². The predicted octanol–water partition coefficient (Wildman–Crippen LogP) is 4.70. The number of likely N-dealkylation sites (N-methyl/N-ethyl adjacent to an activating group) is 1. The lowest BCUT2D eigenvalue weighted by Gasteiger charge is -2.32. The van der Waals surface area contributed by atoms with E-state index >= 15 is 0 Å². The lowest BCUT2D eigenvalue weighted by atomic mass is 10.1. The van der Waals surface area contributed by atoms with Crippen LogP contribution in [0.4, 0.5) is 0 Å². The first-order chi connectivity index (χ1) is 16.6. The second kappa shape index (κ2) is 9.72. The Hall–Kier alpha value is -3.60. The Kier molecular flexibility index (Phi) is 6.35. The molecule has 1 fully saturated rings. The van der Waals surface area contributed by atoms with Crippen LogP contribution in [0.5, 0.6) is 17.2 Å². The first-order valence-electron chi connectivity index (χ1n) is 11.7. The molecule has 1 N–H and O–H groups in total. The molecule has 0 bridgehead atoms. The summed E-state index contributed by atoms with van der Waals surface area (Å²) in [4.78, 5) is 12.6. The van der Waals surface area contributed by atoms with Crippen LogP contribution in [0.25, 0.3) is 21.8 Å². The highest BCUT2D eigenvalue weighted by atomic mass is 16.5. The van der Waals surface area contributed by atoms with Gasteiger partial charge in [-0.3, -0.25) is 4.98 Å². The number of fused-ring (bicyclic) bond motifs is 2. The number of piperazine rings is 1. The number of H-pyrrole nitrogens is 1. The van der Waals surface area contributed by atoms with Gasteiger partial charge in [-0.1, -0.05) is 0 Å². The Morgan fingerprint density at radius 2 is 1.91 bits per heavy atom. The molecule has 174 valence electrons. The van der Waals surface area contributed by atoms with Crippen molar-refractivity contribution in [3.05, 3.63) is 59.9 Å².